The normalized spacial score (nSPS) is 12.9. The van der Waals surface area contributed by atoms with Gasteiger partial charge in [-0.3, -0.25) is 0 Å². The van der Waals surface area contributed by atoms with Crippen LogP contribution in [0.5, 0.6) is 0 Å². The third-order valence-corrected chi connectivity index (χ3v) is 5.23. The molecule has 0 saturated carbocycles. The van der Waals surface area contributed by atoms with Crippen LogP contribution in [0.2, 0.25) is 0 Å². The van der Waals surface area contributed by atoms with E-state index in [1.165, 1.54) is 6.20 Å². The number of aromatic nitrogens is 2. The molecule has 0 unspecified atom stereocenters. The lowest BCUT2D eigenvalue weighted by atomic mass is 10.1. The molecule has 0 aliphatic carbocycles. The number of halogens is 2. The predicted molar refractivity (Wildman–Crippen MR) is 72.8 cm³/mol. The van der Waals surface area contributed by atoms with Crippen molar-refractivity contribution in [1.29, 1.82) is 0 Å². The van der Waals surface area contributed by atoms with Crippen LogP contribution in [0.25, 0.3) is 0 Å². The van der Waals surface area contributed by atoms with Gasteiger partial charge in [-0.2, -0.15) is 0 Å². The molecule has 18 heavy (non-hydrogen) atoms. The molecular formula is C10H17Cl2N3O2S. The fraction of sp³-hybridized carbons (Fsp3) is 0.700. The quantitative estimate of drug-likeness (QED) is 0.813. The molecule has 1 N–H and O–H groups in total. The topological polar surface area (TPSA) is 64.0 Å². The standard InChI is InChI=1S/C10H17Cl2N3O2S/c1-4-15-5-9(13-8(15)2)18(16,17)14-10(3,6-11)7-12/h5,14H,4,6-7H2,1-3H3. The summed E-state index contributed by atoms with van der Waals surface area (Å²) >= 11 is 11.5. The van der Waals surface area contributed by atoms with Gasteiger partial charge >= 0.3 is 0 Å². The van der Waals surface area contributed by atoms with Crippen LogP contribution in [0.1, 0.15) is 19.7 Å². The monoisotopic (exact) mass is 313 g/mol. The van der Waals surface area contributed by atoms with E-state index in [0.717, 1.165) is 0 Å². The van der Waals surface area contributed by atoms with Crippen molar-refractivity contribution in [3.05, 3.63) is 12.0 Å². The van der Waals surface area contributed by atoms with E-state index < -0.39 is 15.6 Å². The Morgan fingerprint density at radius 1 is 1.44 bits per heavy atom. The van der Waals surface area contributed by atoms with Gasteiger partial charge in [-0.25, -0.2) is 18.1 Å². The van der Waals surface area contributed by atoms with E-state index in [1.807, 2.05) is 6.92 Å². The SMILES string of the molecule is CCn1cc(S(=O)(=O)NC(C)(CCl)CCl)nc1C. The molecule has 8 heteroatoms. The molecule has 0 spiro atoms. The highest BCUT2D eigenvalue weighted by molar-refractivity contribution is 7.89. The van der Waals surface area contributed by atoms with Gasteiger partial charge in [0, 0.05) is 24.5 Å². The van der Waals surface area contributed by atoms with E-state index in [4.69, 9.17) is 23.2 Å². The maximum Gasteiger partial charge on any atom is 0.260 e. The molecule has 0 amide bonds. The number of nitrogens with zero attached hydrogens (tertiary/aromatic N) is 2. The molecule has 104 valence electrons. The van der Waals surface area contributed by atoms with Crippen molar-refractivity contribution < 1.29 is 8.42 Å². The van der Waals surface area contributed by atoms with Crippen LogP contribution in [0, 0.1) is 6.92 Å². The summed E-state index contributed by atoms with van der Waals surface area (Å²) in [5, 5.41) is -0.0108. The number of imidazole rings is 1. The molecule has 0 radical (unpaired) electrons. The van der Waals surface area contributed by atoms with Crippen molar-refractivity contribution in [2.75, 3.05) is 11.8 Å². The summed E-state index contributed by atoms with van der Waals surface area (Å²) in [6.45, 7) is 5.98. The zero-order chi connectivity index (χ0) is 14.0. The molecule has 0 aliphatic heterocycles. The first-order chi connectivity index (χ1) is 8.28. The average Bonchev–Trinajstić information content (AvgIpc) is 2.70. The second-order valence-electron chi connectivity index (χ2n) is 4.35. The first-order valence-corrected chi connectivity index (χ1v) is 8.03. The highest BCUT2D eigenvalue weighted by Crippen LogP contribution is 2.15. The minimum absolute atomic E-state index is 0.0108. The largest absolute Gasteiger partial charge is 0.334 e. The Labute approximate surface area is 118 Å². The minimum Gasteiger partial charge on any atom is -0.334 e. The molecule has 0 saturated heterocycles. The number of aryl methyl sites for hydroxylation is 2. The minimum atomic E-state index is -3.70. The second-order valence-corrected chi connectivity index (χ2v) is 6.51. The Hall–Kier alpha value is -0.300. The Bertz CT molecular complexity index is 509. The van der Waals surface area contributed by atoms with Crippen LogP contribution in [-0.4, -0.2) is 35.3 Å². The van der Waals surface area contributed by atoms with Crippen LogP contribution in [0.3, 0.4) is 0 Å². The number of rotatable bonds is 6. The van der Waals surface area contributed by atoms with Crippen molar-refractivity contribution in [2.24, 2.45) is 0 Å². The highest BCUT2D eigenvalue weighted by Gasteiger charge is 2.30. The summed E-state index contributed by atoms with van der Waals surface area (Å²) in [6, 6.07) is 0. The molecule has 0 atom stereocenters. The molecule has 1 aromatic heterocycles. The zero-order valence-corrected chi connectivity index (χ0v) is 12.9. The van der Waals surface area contributed by atoms with E-state index >= 15 is 0 Å². The molecule has 5 nitrogen and oxygen atoms in total. The van der Waals surface area contributed by atoms with Crippen molar-refractivity contribution in [2.45, 2.75) is 37.9 Å². The van der Waals surface area contributed by atoms with Gasteiger partial charge < -0.3 is 4.57 Å². The molecule has 1 heterocycles. The zero-order valence-electron chi connectivity index (χ0n) is 10.6. The first-order valence-electron chi connectivity index (χ1n) is 5.47. The molecule has 0 bridgehead atoms. The summed E-state index contributed by atoms with van der Waals surface area (Å²) in [4.78, 5) is 4.03. The van der Waals surface area contributed by atoms with Crippen LogP contribution in [0.4, 0.5) is 0 Å². The lowest BCUT2D eigenvalue weighted by molar-refractivity contribution is 0.498. The first kappa shape index (κ1) is 15.8. The van der Waals surface area contributed by atoms with Crippen molar-refractivity contribution in [1.82, 2.24) is 14.3 Å². The Morgan fingerprint density at radius 3 is 2.39 bits per heavy atom. The molecular weight excluding hydrogens is 297 g/mol. The van der Waals surface area contributed by atoms with E-state index in [0.29, 0.717) is 12.4 Å². The van der Waals surface area contributed by atoms with Crippen molar-refractivity contribution in [3.8, 4) is 0 Å². The highest BCUT2D eigenvalue weighted by atomic mass is 35.5. The summed E-state index contributed by atoms with van der Waals surface area (Å²) in [5.41, 5.74) is -0.883. The van der Waals surface area contributed by atoms with Crippen LogP contribution in [0.15, 0.2) is 11.2 Å². The molecule has 0 fully saturated rings. The van der Waals surface area contributed by atoms with Gasteiger partial charge in [0.1, 0.15) is 5.82 Å². The Kier molecular flexibility index (Phi) is 5.05. The second kappa shape index (κ2) is 5.77. The lowest BCUT2D eigenvalue weighted by Crippen LogP contribution is -2.49. The summed E-state index contributed by atoms with van der Waals surface area (Å²) in [7, 11) is -3.70. The lowest BCUT2D eigenvalue weighted by Gasteiger charge is -2.24. The maximum absolute atomic E-state index is 12.1. The van der Waals surface area contributed by atoms with E-state index in [2.05, 4.69) is 9.71 Å². The molecule has 0 aromatic carbocycles. The number of alkyl halides is 2. The average molecular weight is 314 g/mol. The van der Waals surface area contributed by atoms with Gasteiger partial charge in [-0.05, 0) is 20.8 Å². The maximum atomic E-state index is 12.1. The van der Waals surface area contributed by atoms with E-state index in [9.17, 15) is 8.42 Å². The summed E-state index contributed by atoms with van der Waals surface area (Å²) < 4.78 is 28.5. The smallest absolute Gasteiger partial charge is 0.260 e. The van der Waals surface area contributed by atoms with Gasteiger partial charge in [-0.1, -0.05) is 0 Å². The number of hydrogen-bond donors (Lipinski definition) is 1. The molecule has 0 aliphatic rings. The van der Waals surface area contributed by atoms with Gasteiger partial charge in [0.15, 0.2) is 5.03 Å². The predicted octanol–water partition coefficient (Wildman–Crippen LogP) is 1.73. The van der Waals surface area contributed by atoms with Crippen LogP contribution >= 0.6 is 23.2 Å². The Balaban J connectivity index is 3.06. The summed E-state index contributed by atoms with van der Waals surface area (Å²) in [5.74, 6) is 0.822. The fourth-order valence-corrected chi connectivity index (χ4v) is 3.39. The van der Waals surface area contributed by atoms with Gasteiger partial charge in [0.25, 0.3) is 10.0 Å². The van der Waals surface area contributed by atoms with Crippen molar-refractivity contribution >= 4 is 33.2 Å². The number of nitrogens with one attached hydrogen (secondary N) is 1. The molecule has 1 aromatic rings. The van der Waals surface area contributed by atoms with Gasteiger partial charge in [0.05, 0.1) is 5.54 Å². The van der Waals surface area contributed by atoms with Gasteiger partial charge in [-0.15, -0.1) is 23.2 Å². The number of sulfonamides is 1. The van der Waals surface area contributed by atoms with Crippen LogP contribution < -0.4 is 4.72 Å². The third kappa shape index (κ3) is 3.38. The van der Waals surface area contributed by atoms with E-state index in [1.54, 1.807) is 18.4 Å². The summed E-state index contributed by atoms with van der Waals surface area (Å²) in [6.07, 6.45) is 1.50. The van der Waals surface area contributed by atoms with Gasteiger partial charge in [0.2, 0.25) is 0 Å². The third-order valence-electron chi connectivity index (χ3n) is 2.54. The fourth-order valence-electron chi connectivity index (χ4n) is 1.40. The Morgan fingerprint density at radius 2 is 2.00 bits per heavy atom. The van der Waals surface area contributed by atoms with E-state index in [-0.39, 0.29) is 16.8 Å². The van der Waals surface area contributed by atoms with Crippen LogP contribution in [-0.2, 0) is 16.6 Å². The van der Waals surface area contributed by atoms with Crippen molar-refractivity contribution in [3.63, 3.8) is 0 Å². The number of hydrogen-bond acceptors (Lipinski definition) is 3. The molecule has 1 rings (SSSR count).